The molecule has 33 heteroatoms. The van der Waals surface area contributed by atoms with Gasteiger partial charge in [-0.05, 0) is 120 Å². The van der Waals surface area contributed by atoms with Crippen LogP contribution in [0.25, 0.3) is 11.1 Å². The summed E-state index contributed by atoms with van der Waals surface area (Å²) < 4.78 is 73.9. The number of ether oxygens (including phenoxy) is 13. The van der Waals surface area contributed by atoms with Gasteiger partial charge >= 0.3 is 41.9 Å². The average molecular weight is 1730 g/mol. The number of nitrogens with one attached hydrogen (secondary N) is 2. The highest BCUT2D eigenvalue weighted by molar-refractivity contribution is 8.00. The number of Topliss-reactive ketones (excluding diaryl/α,β-unsaturated/α-hetero) is 1. The first-order valence-electron chi connectivity index (χ1n) is 40.1. The van der Waals surface area contributed by atoms with Crippen molar-refractivity contribution < 1.29 is 134 Å². The van der Waals surface area contributed by atoms with Crippen molar-refractivity contribution in [1.82, 2.24) is 10.6 Å². The largest absolute Gasteiger partial charge is 0.456 e. The molecule has 6 aliphatic heterocycles. The van der Waals surface area contributed by atoms with Gasteiger partial charge in [-0.1, -0.05) is 67.6 Å². The number of fused-ring (bicyclic) bond motifs is 15. The second-order valence-corrected chi connectivity index (χ2v) is 31.8. The van der Waals surface area contributed by atoms with Gasteiger partial charge in [0.05, 0.1) is 72.4 Å². The quantitative estimate of drug-likeness (QED) is 0.0116. The standard InChI is InChI=1S/C64H67N3O19S.C28H17NO9/c1-35-38(26-55(78-4)60(74)59(35)73)31-81-33-57(71)65-21-23-80-25-24-79-22-9-14-52(70)51(66-63(77)82-32-47-44-12-7-5-10-42(44)43-11-6-8-13-45(43)47)34-87-56-30-58(72)67(61(56)75)39-15-18-48-46(27-39)62(76)86-64(48)49-19-16-40(83-36(2)68)28-53(49)85-54-29-41(84-37(3)69)17-20-50(54)64;1-14(30)35-17-4-7-21-23(12-17)37-24-13-18(36-15(2)31)5-8-22(24)28(21)20-6-3-16(11-19(20)27(34)38-28)29-25(32)9-10-26(29)33/h5-8,10-13,15-20,27-29,35,38,47,51,55-56,59-60,73-74H,9,14,21-26,30-34H2,1-4H3,(H,65,71)(H,66,77);3-13H,1-2H3/t35-,38?,51?,55-,56?,59+,60?;/m1./s1. The Morgan fingerprint density at radius 1 is 0.536 bits per heavy atom. The predicted octanol–water partition coefficient (Wildman–Crippen LogP) is 9.82. The van der Waals surface area contributed by atoms with E-state index in [0.717, 1.165) is 56.0 Å². The highest BCUT2D eigenvalue weighted by atomic mass is 32.2. The van der Waals surface area contributed by atoms with E-state index in [1.807, 2.05) is 55.5 Å². The van der Waals surface area contributed by atoms with Crippen LogP contribution in [0.15, 0.2) is 170 Å². The summed E-state index contributed by atoms with van der Waals surface area (Å²) in [6.07, 6.45) is -0.486. The zero-order valence-corrected chi connectivity index (χ0v) is 69.1. The Morgan fingerprint density at radius 2 is 1.00 bits per heavy atom. The first-order valence-corrected chi connectivity index (χ1v) is 41.2. The van der Waals surface area contributed by atoms with Gasteiger partial charge in [0.25, 0.3) is 11.8 Å². The molecule has 4 N–H and O–H groups in total. The lowest BCUT2D eigenvalue weighted by atomic mass is 9.76. The monoisotopic (exact) mass is 1720 g/mol. The van der Waals surface area contributed by atoms with Crippen LogP contribution in [0.5, 0.6) is 46.0 Å². The van der Waals surface area contributed by atoms with E-state index in [1.165, 1.54) is 89.4 Å². The van der Waals surface area contributed by atoms with E-state index in [-0.39, 0.29) is 176 Å². The maximum absolute atomic E-state index is 14.3. The molecule has 0 aromatic heterocycles. The van der Waals surface area contributed by atoms with Crippen molar-refractivity contribution in [3.8, 4) is 57.1 Å². The van der Waals surface area contributed by atoms with E-state index >= 15 is 0 Å². The zero-order valence-electron chi connectivity index (χ0n) is 68.3. The SMILES string of the molecule is CC(=O)Oc1ccc2c(c1)Oc1cc(OC(C)=O)ccc1C21OC(=O)c2cc(N3C(=O)C=CC3=O)ccc21.CO[C@@H]1CC(COCC(=O)NCCOCCOCCCC(=O)C(CSC2CC(=O)N(c3ccc4c(c3)C(=O)OC43c4ccc(OC(C)=O)cc4Oc4cc(OC(C)=O)ccc43)C2=O)NC(=O)OCC2c3ccccc3-c3ccccc32)[C@@H](C)[C@H](O)C1O. The molecule has 16 rings (SSSR count). The van der Waals surface area contributed by atoms with Gasteiger partial charge in [-0.25, -0.2) is 24.2 Å². The van der Waals surface area contributed by atoms with E-state index in [0.29, 0.717) is 39.8 Å². The van der Waals surface area contributed by atoms with Crippen LogP contribution in [0.2, 0.25) is 0 Å². The van der Waals surface area contributed by atoms with Crippen LogP contribution >= 0.6 is 11.8 Å². The molecule has 8 aliphatic rings. The number of methoxy groups -OCH3 is 1. The lowest BCUT2D eigenvalue weighted by Gasteiger charge is -2.40. The van der Waals surface area contributed by atoms with Crippen molar-refractivity contribution in [3.63, 3.8) is 0 Å². The summed E-state index contributed by atoms with van der Waals surface area (Å²) in [5.41, 5.74) is 3.94. The fourth-order valence-corrected chi connectivity index (χ4v) is 18.0. The highest BCUT2D eigenvalue weighted by Gasteiger charge is 2.57. The number of esters is 6. The number of ketones is 1. The Morgan fingerprint density at radius 3 is 1.48 bits per heavy atom. The van der Waals surface area contributed by atoms with Crippen LogP contribution in [0.3, 0.4) is 0 Å². The molecule has 6 heterocycles. The first kappa shape index (κ1) is 86.7. The molecule has 0 radical (unpaired) electrons. The lowest BCUT2D eigenvalue weighted by Crippen LogP contribution is -2.51. The van der Waals surface area contributed by atoms with Crippen molar-refractivity contribution in [2.24, 2.45) is 11.8 Å². The average Bonchev–Trinajstić information content (AvgIpc) is 1.58. The second kappa shape index (κ2) is 36.6. The van der Waals surface area contributed by atoms with Gasteiger partial charge in [0, 0.05) is 142 Å². The third-order valence-electron chi connectivity index (χ3n) is 22.5. The fourth-order valence-electron chi connectivity index (χ4n) is 16.8. The minimum Gasteiger partial charge on any atom is -0.456 e. The topological polar surface area (TPSA) is 413 Å². The Hall–Kier alpha value is -13.3. The van der Waals surface area contributed by atoms with Gasteiger partial charge < -0.3 is 82.4 Å². The molecule has 125 heavy (non-hydrogen) atoms. The van der Waals surface area contributed by atoms with E-state index in [9.17, 15) is 72.5 Å². The van der Waals surface area contributed by atoms with Crippen molar-refractivity contribution in [1.29, 1.82) is 0 Å². The third kappa shape index (κ3) is 17.6. The number of carbonyl (C=O) groups is 13. The number of carbonyl (C=O) groups excluding carboxylic acids is 13. The van der Waals surface area contributed by atoms with Crippen molar-refractivity contribution >= 4 is 100 Å². The highest BCUT2D eigenvalue weighted by Crippen LogP contribution is 2.60. The van der Waals surface area contributed by atoms with Gasteiger partial charge in [-0.3, -0.25) is 47.9 Å². The first-order chi connectivity index (χ1) is 60.1. The van der Waals surface area contributed by atoms with Gasteiger partial charge in [0.15, 0.2) is 17.0 Å². The zero-order chi connectivity index (χ0) is 88.3. The molecule has 7 atom stereocenters. The van der Waals surface area contributed by atoms with Crippen LogP contribution in [0, 0.1) is 11.8 Å². The van der Waals surface area contributed by atoms with Crippen LogP contribution in [-0.2, 0) is 92.3 Å². The number of benzene rings is 8. The molecule has 1 saturated heterocycles. The maximum Gasteiger partial charge on any atom is 0.407 e. The van der Waals surface area contributed by atoms with Gasteiger partial charge in [0.1, 0.15) is 65.3 Å². The van der Waals surface area contributed by atoms with Crippen molar-refractivity contribution in [3.05, 3.63) is 226 Å². The molecule has 2 spiro atoms. The normalized spacial score (nSPS) is 19.3. The van der Waals surface area contributed by atoms with Gasteiger partial charge in [0.2, 0.25) is 17.7 Å². The number of amides is 6. The minimum atomic E-state index is -1.64. The predicted molar refractivity (Wildman–Crippen MR) is 441 cm³/mol. The number of hydrogen-bond donors (Lipinski definition) is 4. The van der Waals surface area contributed by atoms with E-state index in [4.69, 9.17) is 61.6 Å². The summed E-state index contributed by atoms with van der Waals surface area (Å²) in [5, 5.41) is 25.0. The number of alkyl carbamates (subject to hydrolysis) is 1. The van der Waals surface area contributed by atoms with E-state index in [1.54, 1.807) is 54.6 Å². The van der Waals surface area contributed by atoms with Crippen LogP contribution < -0.4 is 48.9 Å². The Balaban J connectivity index is 0.000000262. The molecular weight excluding hydrogens is 1640 g/mol. The van der Waals surface area contributed by atoms with E-state index in [2.05, 4.69) is 10.6 Å². The molecule has 6 amide bonds. The number of nitrogens with zero attached hydrogens (tertiary/aromatic N) is 2. The molecule has 2 aliphatic carbocycles. The molecule has 646 valence electrons. The number of imide groups is 2. The number of anilines is 2. The summed E-state index contributed by atoms with van der Waals surface area (Å²) in [6, 6.07) is 42.3. The smallest absolute Gasteiger partial charge is 0.407 e. The molecule has 2 fully saturated rings. The molecule has 8 aromatic carbocycles. The Bertz CT molecular complexity index is 5570. The van der Waals surface area contributed by atoms with Crippen LogP contribution in [0.4, 0.5) is 16.2 Å². The summed E-state index contributed by atoms with van der Waals surface area (Å²) >= 11 is 1.03. The van der Waals surface area contributed by atoms with Gasteiger partial charge in [-0.15, -0.1) is 11.8 Å². The second-order valence-electron chi connectivity index (χ2n) is 30.5. The van der Waals surface area contributed by atoms with Crippen LogP contribution in [0.1, 0.15) is 131 Å². The molecule has 0 bridgehead atoms. The number of thioether (sulfide) groups is 1. The molecular formula is C92H84N4O28S. The summed E-state index contributed by atoms with van der Waals surface area (Å²) in [6.45, 7) is 7.87. The molecule has 1 saturated carbocycles. The summed E-state index contributed by atoms with van der Waals surface area (Å²) in [5.74, 6) is -5.70. The van der Waals surface area contributed by atoms with Crippen LogP contribution in [-0.4, -0.2) is 183 Å². The number of aliphatic hydroxyl groups excluding tert-OH is 2. The lowest BCUT2D eigenvalue weighted by molar-refractivity contribution is -0.148. The Labute approximate surface area is 718 Å². The molecule has 8 aromatic rings. The third-order valence-corrected chi connectivity index (χ3v) is 23.8. The summed E-state index contributed by atoms with van der Waals surface area (Å²) in [7, 11) is 1.48. The maximum atomic E-state index is 14.3. The van der Waals surface area contributed by atoms with Crippen molar-refractivity contribution in [2.75, 3.05) is 75.5 Å². The molecule has 32 nitrogen and oxygen atoms in total. The van der Waals surface area contributed by atoms with E-state index < -0.39 is 106 Å². The minimum absolute atomic E-state index is 0.0132. The fraction of sp³-hybridized carbons (Fsp3) is 0.315. The number of rotatable bonds is 28. The molecule has 4 unspecified atom stereocenters. The number of hydrogen-bond acceptors (Lipinski definition) is 29. The number of aliphatic hydroxyl groups is 2. The summed E-state index contributed by atoms with van der Waals surface area (Å²) in [4.78, 5) is 169. The Kier molecular flexibility index (Phi) is 25.4. The van der Waals surface area contributed by atoms with Gasteiger partial charge in [-0.2, -0.15) is 0 Å². The van der Waals surface area contributed by atoms with Crippen molar-refractivity contribution in [2.45, 2.75) is 107 Å².